The summed E-state index contributed by atoms with van der Waals surface area (Å²) in [5.74, 6) is 4.04. The van der Waals surface area contributed by atoms with E-state index in [-0.39, 0.29) is 27.9 Å². The first-order valence-electron chi connectivity index (χ1n) is 15.0. The number of ether oxygens (including phenoxy) is 2. The number of nitrogens with one attached hydrogen (secondary N) is 2. The minimum Gasteiger partial charge on any atom is -0.497 e. The van der Waals surface area contributed by atoms with E-state index in [2.05, 4.69) is 22.5 Å². The van der Waals surface area contributed by atoms with Crippen LogP contribution < -0.4 is 25.0 Å². The molecule has 2 N–H and O–H groups in total. The van der Waals surface area contributed by atoms with Crippen molar-refractivity contribution in [1.82, 2.24) is 0 Å². The summed E-state index contributed by atoms with van der Waals surface area (Å²) in [6.07, 6.45) is 0. The average Bonchev–Trinajstić information content (AvgIpc) is 3.36. The third-order valence-electron chi connectivity index (χ3n) is 7.43. The van der Waals surface area contributed by atoms with Crippen molar-refractivity contribution >= 4 is 46.7 Å². The van der Waals surface area contributed by atoms with E-state index < -0.39 is 29.6 Å². The predicted molar refractivity (Wildman–Crippen MR) is 183 cm³/mol. The molecule has 5 aromatic rings. The van der Waals surface area contributed by atoms with Crippen molar-refractivity contribution in [3.05, 3.63) is 149 Å². The van der Waals surface area contributed by atoms with Gasteiger partial charge in [0, 0.05) is 40.6 Å². The molecule has 0 atom stereocenters. The zero-order valence-electron chi connectivity index (χ0n) is 26.3. The molecule has 0 aliphatic carbocycles. The van der Waals surface area contributed by atoms with E-state index in [9.17, 15) is 24.0 Å². The Kier molecular flexibility index (Phi) is 8.99. The van der Waals surface area contributed by atoms with Crippen LogP contribution in [0.15, 0.2) is 115 Å². The van der Waals surface area contributed by atoms with Gasteiger partial charge in [-0.3, -0.25) is 24.0 Å². The number of anilines is 3. The largest absolute Gasteiger partial charge is 0.497 e. The van der Waals surface area contributed by atoms with Gasteiger partial charge >= 0.3 is 5.97 Å². The fourth-order valence-corrected chi connectivity index (χ4v) is 5.07. The summed E-state index contributed by atoms with van der Waals surface area (Å²) >= 11 is 0. The highest BCUT2D eigenvalue weighted by Crippen LogP contribution is 2.31. The van der Waals surface area contributed by atoms with Gasteiger partial charge in [0.15, 0.2) is 0 Å². The third kappa shape index (κ3) is 7.21. The Bertz CT molecular complexity index is 2180. The normalized spacial score (nSPS) is 11.6. The number of imide groups is 1. The van der Waals surface area contributed by atoms with E-state index in [4.69, 9.17) is 9.47 Å². The molecule has 240 valence electrons. The van der Waals surface area contributed by atoms with Crippen molar-refractivity contribution in [2.75, 3.05) is 22.6 Å². The second-order valence-corrected chi connectivity index (χ2v) is 10.8. The number of methoxy groups -OCH3 is 1. The summed E-state index contributed by atoms with van der Waals surface area (Å²) in [4.78, 5) is 66.6. The second kappa shape index (κ2) is 13.8. The first kappa shape index (κ1) is 32.0. The average molecular weight is 650 g/mol. The Labute approximate surface area is 281 Å². The summed E-state index contributed by atoms with van der Waals surface area (Å²) in [6.45, 7) is 1.28. The van der Waals surface area contributed by atoms with Gasteiger partial charge in [-0.15, -0.1) is 0 Å². The molecule has 1 heterocycles. The van der Waals surface area contributed by atoms with Crippen LogP contribution in [0.4, 0.5) is 17.1 Å². The summed E-state index contributed by atoms with van der Waals surface area (Å²) in [6, 6.07) is 31.0. The van der Waals surface area contributed by atoms with E-state index in [0.29, 0.717) is 28.4 Å². The van der Waals surface area contributed by atoms with Gasteiger partial charge in [-0.2, -0.15) is 0 Å². The van der Waals surface area contributed by atoms with Gasteiger partial charge in [0.2, 0.25) is 0 Å². The molecule has 0 fully saturated rings. The summed E-state index contributed by atoms with van der Waals surface area (Å²) in [5.41, 5.74) is 2.54. The van der Waals surface area contributed by atoms with Crippen LogP contribution in [0.25, 0.3) is 0 Å². The lowest BCUT2D eigenvalue weighted by Crippen LogP contribution is -2.30. The number of carbonyl (C=O) groups is 5. The van der Waals surface area contributed by atoms with Crippen LogP contribution in [-0.4, -0.2) is 36.7 Å². The van der Waals surface area contributed by atoms with Crippen LogP contribution >= 0.6 is 0 Å². The molecular weight excluding hydrogens is 622 g/mol. The van der Waals surface area contributed by atoms with Crippen molar-refractivity contribution in [2.24, 2.45) is 0 Å². The van der Waals surface area contributed by atoms with Gasteiger partial charge in [0.25, 0.3) is 23.6 Å². The molecule has 0 spiro atoms. The van der Waals surface area contributed by atoms with Gasteiger partial charge in [-0.05, 0) is 97.1 Å². The topological polar surface area (TPSA) is 131 Å². The molecule has 10 nitrogen and oxygen atoms in total. The molecule has 0 radical (unpaired) electrons. The molecule has 1 aliphatic heterocycles. The molecule has 0 unspecified atom stereocenters. The van der Waals surface area contributed by atoms with Gasteiger partial charge < -0.3 is 20.1 Å². The number of hydrogen-bond acceptors (Lipinski definition) is 7. The highest BCUT2D eigenvalue weighted by Gasteiger charge is 2.37. The van der Waals surface area contributed by atoms with Gasteiger partial charge in [0.1, 0.15) is 11.5 Å². The van der Waals surface area contributed by atoms with Crippen molar-refractivity contribution in [2.45, 2.75) is 6.92 Å². The van der Waals surface area contributed by atoms with Crippen molar-refractivity contribution in [3.8, 4) is 23.3 Å². The molecule has 10 heteroatoms. The van der Waals surface area contributed by atoms with Crippen molar-refractivity contribution in [1.29, 1.82) is 0 Å². The molecule has 5 aromatic carbocycles. The minimum atomic E-state index is -0.622. The molecule has 0 aromatic heterocycles. The third-order valence-corrected chi connectivity index (χ3v) is 7.43. The number of esters is 1. The first-order chi connectivity index (χ1) is 23.7. The predicted octanol–water partition coefficient (Wildman–Crippen LogP) is 6.33. The van der Waals surface area contributed by atoms with Crippen LogP contribution in [0.3, 0.4) is 0 Å². The Hall–Kier alpha value is -6.99. The number of amides is 4. The standard InChI is InChI=1S/C39H27N3O7/c1-24(43)49-33-17-13-30(14-18-33)41-37(45)28-21-27(36(44)40-29-11-15-32(48-2)16-12-29)22-31(23-28)42-38(46)34-19-10-26(20-35(34)39(42)47)9-8-25-6-4-3-5-7-25/h3-7,10-23H,1-2H3,(H,40,44)(H,41,45). The van der Waals surface area contributed by atoms with Crippen molar-refractivity contribution in [3.63, 3.8) is 0 Å². The van der Waals surface area contributed by atoms with Crippen LogP contribution in [0.1, 0.15) is 59.5 Å². The van der Waals surface area contributed by atoms with E-state index in [0.717, 1.165) is 10.5 Å². The highest BCUT2D eigenvalue weighted by molar-refractivity contribution is 6.35. The van der Waals surface area contributed by atoms with Crippen LogP contribution in [0.5, 0.6) is 11.5 Å². The van der Waals surface area contributed by atoms with Gasteiger partial charge in [0.05, 0.1) is 23.9 Å². The number of carbonyl (C=O) groups excluding carboxylic acids is 5. The van der Waals surface area contributed by atoms with Crippen LogP contribution in [-0.2, 0) is 4.79 Å². The number of fused-ring (bicyclic) bond motifs is 1. The van der Waals surface area contributed by atoms with E-state index >= 15 is 0 Å². The Morgan fingerprint density at radius 3 is 1.73 bits per heavy atom. The lowest BCUT2D eigenvalue weighted by Gasteiger charge is -2.17. The Morgan fingerprint density at radius 1 is 0.612 bits per heavy atom. The first-order valence-corrected chi connectivity index (χ1v) is 15.0. The monoisotopic (exact) mass is 649 g/mol. The lowest BCUT2D eigenvalue weighted by molar-refractivity contribution is -0.131. The van der Waals surface area contributed by atoms with E-state index in [1.807, 2.05) is 30.3 Å². The maximum Gasteiger partial charge on any atom is 0.308 e. The smallest absolute Gasteiger partial charge is 0.308 e. The fourth-order valence-electron chi connectivity index (χ4n) is 5.07. The highest BCUT2D eigenvalue weighted by atomic mass is 16.5. The molecule has 49 heavy (non-hydrogen) atoms. The maximum atomic E-state index is 13.8. The number of rotatable bonds is 7. The number of hydrogen-bond donors (Lipinski definition) is 2. The Morgan fingerprint density at radius 2 is 1.16 bits per heavy atom. The molecule has 0 saturated heterocycles. The lowest BCUT2D eigenvalue weighted by atomic mass is 10.1. The number of nitrogens with zero attached hydrogens (tertiary/aromatic N) is 1. The molecule has 1 aliphatic rings. The molecule has 0 saturated carbocycles. The van der Waals surface area contributed by atoms with Crippen LogP contribution in [0, 0.1) is 11.8 Å². The summed E-state index contributed by atoms with van der Waals surface area (Å²) < 4.78 is 10.2. The molecule has 6 rings (SSSR count). The zero-order chi connectivity index (χ0) is 34.5. The quantitative estimate of drug-likeness (QED) is 0.0913. The SMILES string of the molecule is COc1ccc(NC(=O)c2cc(C(=O)Nc3ccc(OC(C)=O)cc3)cc(N3C(=O)c4ccc(C#Cc5ccccc5)cc4C3=O)c2)cc1. The van der Waals surface area contributed by atoms with Crippen molar-refractivity contribution < 1.29 is 33.4 Å². The van der Waals surface area contributed by atoms with Gasteiger partial charge in [-0.25, -0.2) is 4.90 Å². The maximum absolute atomic E-state index is 13.8. The zero-order valence-corrected chi connectivity index (χ0v) is 26.3. The van der Waals surface area contributed by atoms with Crippen LogP contribution in [0.2, 0.25) is 0 Å². The molecule has 0 bridgehead atoms. The number of benzene rings is 5. The molecular formula is C39H27N3O7. The second-order valence-electron chi connectivity index (χ2n) is 10.8. The summed E-state index contributed by atoms with van der Waals surface area (Å²) in [5, 5.41) is 5.50. The molecule has 4 amide bonds. The van der Waals surface area contributed by atoms with E-state index in [1.54, 1.807) is 48.5 Å². The Balaban J connectivity index is 1.33. The van der Waals surface area contributed by atoms with Gasteiger partial charge in [-0.1, -0.05) is 30.0 Å². The van der Waals surface area contributed by atoms with E-state index in [1.165, 1.54) is 50.4 Å². The fraction of sp³-hybridized carbons (Fsp3) is 0.0513. The summed E-state index contributed by atoms with van der Waals surface area (Å²) in [7, 11) is 1.53. The minimum absolute atomic E-state index is 0.00687.